The number of rotatable bonds is 3. The third-order valence-electron chi connectivity index (χ3n) is 11.1. The van der Waals surface area contributed by atoms with Gasteiger partial charge in [0.2, 0.25) is 0 Å². The molecule has 0 spiro atoms. The smallest absolute Gasteiger partial charge is 0.187 e. The Morgan fingerprint density at radius 2 is 0.906 bits per heavy atom. The van der Waals surface area contributed by atoms with E-state index in [1.54, 1.807) is 0 Å². The van der Waals surface area contributed by atoms with E-state index in [0.717, 1.165) is 16.8 Å². The van der Waals surface area contributed by atoms with Gasteiger partial charge in [0.25, 0.3) is 0 Å². The molecule has 0 saturated carbocycles. The van der Waals surface area contributed by atoms with Gasteiger partial charge in [0.05, 0.1) is 17.6 Å². The molecule has 0 fully saturated rings. The Morgan fingerprint density at radius 1 is 0.340 bits per heavy atom. The zero-order valence-corrected chi connectivity index (χ0v) is 28.7. The van der Waals surface area contributed by atoms with Crippen molar-refractivity contribution >= 4 is 81.4 Å². The van der Waals surface area contributed by atoms with Crippen molar-refractivity contribution in [3.8, 4) is 27.9 Å². The molecule has 0 atom stereocenters. The Bertz CT molecular complexity index is 3330. The minimum absolute atomic E-state index is 0.657. The Morgan fingerprint density at radius 3 is 1.66 bits per heavy atom. The third-order valence-corrected chi connectivity index (χ3v) is 11.1. The van der Waals surface area contributed by atoms with Crippen LogP contribution in [0.25, 0.3) is 108 Å². The summed E-state index contributed by atoms with van der Waals surface area (Å²) in [6.45, 7) is 7.31. The Labute approximate surface area is 306 Å². The zero-order chi connectivity index (χ0) is 35.0. The second-order valence-corrected chi connectivity index (χ2v) is 14.0. The number of aromatic nitrogens is 1. The fraction of sp³-hybridized carbons (Fsp3) is 0. The average Bonchev–Trinajstić information content (AvgIpc) is 3.56. The molecule has 10 aromatic carbocycles. The second kappa shape index (κ2) is 11.4. The van der Waals surface area contributed by atoms with Crippen LogP contribution in [-0.4, -0.2) is 4.57 Å². The van der Waals surface area contributed by atoms with Crippen molar-refractivity contribution < 1.29 is 0 Å². The van der Waals surface area contributed by atoms with E-state index in [0.29, 0.717) is 5.69 Å². The molecular weight excluding hydrogens is 641 g/mol. The summed E-state index contributed by atoms with van der Waals surface area (Å²) in [5, 5.41) is 15.1. The molecule has 244 valence electrons. The van der Waals surface area contributed by atoms with E-state index < -0.39 is 0 Å². The summed E-state index contributed by atoms with van der Waals surface area (Å²) >= 11 is 0. The fourth-order valence-electron chi connectivity index (χ4n) is 8.60. The topological polar surface area (TPSA) is 9.29 Å². The minimum Gasteiger partial charge on any atom is -0.309 e. The largest absolute Gasteiger partial charge is 0.309 e. The molecule has 1 heterocycles. The lowest BCUT2D eigenvalue weighted by molar-refractivity contribution is 1.18. The Hall–Kier alpha value is -7.21. The summed E-state index contributed by atoms with van der Waals surface area (Å²) in [4.78, 5) is 3.55. The predicted molar refractivity (Wildman–Crippen MR) is 225 cm³/mol. The lowest BCUT2D eigenvalue weighted by Crippen LogP contribution is -1.93. The van der Waals surface area contributed by atoms with E-state index in [1.165, 1.54) is 86.8 Å². The zero-order valence-electron chi connectivity index (χ0n) is 28.7. The number of nitrogens with zero attached hydrogens (tertiary/aromatic N) is 2. The SMILES string of the molecule is [C-]#[N+]c1ccc(-c2ccc3ccc(-c4ccc5c(c4)c4ccccc4c4cc6c7c8ccccc8ccc7n(-c7ccccc7)c6cc54)cc3c2)cc1. The molecule has 11 rings (SSSR count). The quantitative estimate of drug-likeness (QED) is 0.131. The van der Waals surface area contributed by atoms with Gasteiger partial charge in [-0.05, 0) is 125 Å². The van der Waals surface area contributed by atoms with E-state index in [4.69, 9.17) is 6.57 Å². The normalized spacial score (nSPS) is 11.8. The van der Waals surface area contributed by atoms with Gasteiger partial charge in [-0.25, -0.2) is 4.85 Å². The maximum absolute atomic E-state index is 7.31. The van der Waals surface area contributed by atoms with Crippen LogP contribution in [0.4, 0.5) is 5.69 Å². The summed E-state index contributed by atoms with van der Waals surface area (Å²) in [5.74, 6) is 0. The van der Waals surface area contributed by atoms with Gasteiger partial charge in [-0.1, -0.05) is 133 Å². The molecule has 2 nitrogen and oxygen atoms in total. The average molecular weight is 671 g/mol. The van der Waals surface area contributed by atoms with Crippen LogP contribution in [0.5, 0.6) is 0 Å². The number of hydrogen-bond donors (Lipinski definition) is 0. The van der Waals surface area contributed by atoms with Crippen LogP contribution >= 0.6 is 0 Å². The van der Waals surface area contributed by atoms with Gasteiger partial charge < -0.3 is 4.57 Å². The van der Waals surface area contributed by atoms with E-state index in [9.17, 15) is 0 Å². The molecule has 1 aromatic heterocycles. The van der Waals surface area contributed by atoms with Crippen LogP contribution in [-0.2, 0) is 0 Å². The number of para-hydroxylation sites is 1. The summed E-state index contributed by atoms with van der Waals surface area (Å²) in [6, 6.07) is 66.1. The van der Waals surface area contributed by atoms with Crippen molar-refractivity contribution in [3.05, 3.63) is 193 Å². The van der Waals surface area contributed by atoms with Crippen molar-refractivity contribution in [2.24, 2.45) is 0 Å². The molecule has 0 radical (unpaired) electrons. The summed E-state index contributed by atoms with van der Waals surface area (Å²) < 4.78 is 2.44. The van der Waals surface area contributed by atoms with Gasteiger partial charge in [-0.3, -0.25) is 0 Å². The molecule has 0 aliphatic heterocycles. The molecule has 0 aliphatic rings. The fourth-order valence-corrected chi connectivity index (χ4v) is 8.60. The molecule has 0 N–H and O–H groups in total. The molecule has 0 amide bonds. The number of fused-ring (bicyclic) bond motifs is 12. The van der Waals surface area contributed by atoms with Gasteiger partial charge in [0.15, 0.2) is 5.69 Å². The summed E-state index contributed by atoms with van der Waals surface area (Å²) in [7, 11) is 0. The molecule has 0 bridgehead atoms. The molecule has 0 saturated heterocycles. The molecule has 53 heavy (non-hydrogen) atoms. The van der Waals surface area contributed by atoms with Crippen molar-refractivity contribution in [1.82, 2.24) is 4.57 Å². The van der Waals surface area contributed by atoms with E-state index in [-0.39, 0.29) is 0 Å². The van der Waals surface area contributed by atoms with Crippen LogP contribution in [0.1, 0.15) is 0 Å². The maximum atomic E-state index is 7.31. The van der Waals surface area contributed by atoms with E-state index >= 15 is 0 Å². The Kier molecular flexibility index (Phi) is 6.35. The van der Waals surface area contributed by atoms with Crippen LogP contribution in [0.15, 0.2) is 182 Å². The monoisotopic (exact) mass is 670 g/mol. The van der Waals surface area contributed by atoms with Crippen LogP contribution < -0.4 is 0 Å². The highest BCUT2D eigenvalue weighted by Gasteiger charge is 2.18. The van der Waals surface area contributed by atoms with E-state index in [2.05, 4.69) is 167 Å². The lowest BCUT2D eigenvalue weighted by Gasteiger charge is -2.14. The van der Waals surface area contributed by atoms with Crippen molar-refractivity contribution in [2.75, 3.05) is 0 Å². The lowest BCUT2D eigenvalue weighted by atomic mass is 9.90. The summed E-state index contributed by atoms with van der Waals surface area (Å²) in [5.41, 5.74) is 8.90. The second-order valence-electron chi connectivity index (χ2n) is 14.0. The van der Waals surface area contributed by atoms with Crippen LogP contribution in [0.3, 0.4) is 0 Å². The van der Waals surface area contributed by atoms with Crippen LogP contribution in [0, 0.1) is 6.57 Å². The number of hydrogen-bond acceptors (Lipinski definition) is 0. The standard InChI is InChI=1S/C51H30N2/c1-52-39-23-19-32(20-24-39)35-17-15-33-16-18-36(28-38(33)27-35)37-21-25-44-45(29-37)42-13-7-8-14-43(42)46-30-48-50(31-47(44)46)53(40-10-3-2-4-11-40)49-26-22-34-9-5-6-12-41(34)51(48)49/h2-31H. The first-order valence-electron chi connectivity index (χ1n) is 18.0. The Balaban J connectivity index is 1.16. The van der Waals surface area contributed by atoms with Crippen molar-refractivity contribution in [3.63, 3.8) is 0 Å². The maximum Gasteiger partial charge on any atom is 0.187 e. The van der Waals surface area contributed by atoms with Gasteiger partial charge >= 0.3 is 0 Å². The van der Waals surface area contributed by atoms with Gasteiger partial charge in [-0.15, -0.1) is 0 Å². The molecular formula is C51H30N2. The van der Waals surface area contributed by atoms with Gasteiger partial charge in [0, 0.05) is 16.5 Å². The highest BCUT2D eigenvalue weighted by molar-refractivity contribution is 6.31. The highest BCUT2D eigenvalue weighted by Crippen LogP contribution is 2.43. The van der Waals surface area contributed by atoms with Gasteiger partial charge in [-0.2, -0.15) is 0 Å². The van der Waals surface area contributed by atoms with Crippen molar-refractivity contribution in [1.29, 1.82) is 0 Å². The predicted octanol–water partition coefficient (Wildman–Crippen LogP) is 14.4. The molecule has 11 aromatic rings. The number of benzene rings is 10. The van der Waals surface area contributed by atoms with Crippen molar-refractivity contribution in [2.45, 2.75) is 0 Å². The minimum atomic E-state index is 0.657. The first kappa shape index (κ1) is 29.5. The van der Waals surface area contributed by atoms with Gasteiger partial charge in [0.1, 0.15) is 0 Å². The highest BCUT2D eigenvalue weighted by atomic mass is 15.0. The first-order chi connectivity index (χ1) is 26.2. The first-order valence-corrected chi connectivity index (χ1v) is 18.0. The molecule has 0 unspecified atom stereocenters. The van der Waals surface area contributed by atoms with E-state index in [1.807, 2.05) is 24.3 Å². The molecule has 0 aliphatic carbocycles. The third kappa shape index (κ3) is 4.51. The summed E-state index contributed by atoms with van der Waals surface area (Å²) in [6.07, 6.45) is 0. The molecule has 2 heteroatoms. The van der Waals surface area contributed by atoms with Crippen LogP contribution in [0.2, 0.25) is 0 Å².